The number of halogens is 2. The molecular formula is C17H24BrClN2O. The highest BCUT2D eigenvalue weighted by atomic mass is 79.9. The molecule has 5 heteroatoms. The number of hydrogen-bond acceptors (Lipinski definition) is 2. The summed E-state index contributed by atoms with van der Waals surface area (Å²) in [7, 11) is 0. The Kier molecular flexibility index (Phi) is 6.30. The highest BCUT2D eigenvalue weighted by molar-refractivity contribution is 9.10. The van der Waals surface area contributed by atoms with Crippen LogP contribution in [0.3, 0.4) is 0 Å². The van der Waals surface area contributed by atoms with Gasteiger partial charge in [0.15, 0.2) is 0 Å². The van der Waals surface area contributed by atoms with E-state index >= 15 is 0 Å². The highest BCUT2D eigenvalue weighted by Gasteiger charge is 2.34. The van der Waals surface area contributed by atoms with E-state index in [9.17, 15) is 4.79 Å². The van der Waals surface area contributed by atoms with Crippen LogP contribution >= 0.6 is 28.3 Å². The van der Waals surface area contributed by atoms with E-state index in [0.29, 0.717) is 24.4 Å². The normalized spacial score (nSPS) is 27.8. The molecule has 0 aromatic heterocycles. The van der Waals surface area contributed by atoms with Gasteiger partial charge in [-0.3, -0.25) is 4.79 Å². The molecule has 2 bridgehead atoms. The fraction of sp³-hybridized carbons (Fsp3) is 0.588. The molecule has 0 aliphatic carbocycles. The molecule has 2 saturated heterocycles. The molecule has 1 aromatic rings. The fourth-order valence-electron chi connectivity index (χ4n) is 3.81. The summed E-state index contributed by atoms with van der Waals surface area (Å²) in [4.78, 5) is 12.3. The van der Waals surface area contributed by atoms with E-state index in [1.165, 1.54) is 12.8 Å². The molecule has 3 rings (SSSR count). The van der Waals surface area contributed by atoms with E-state index < -0.39 is 0 Å². The smallest absolute Gasteiger partial charge is 0.220 e. The SMILES string of the molecule is CC(NC(=O)CC1CC2CCC(C1)N2)c1ccccc1Br.Cl. The summed E-state index contributed by atoms with van der Waals surface area (Å²) in [6.45, 7) is 2.05. The second kappa shape index (κ2) is 7.80. The number of carbonyl (C=O) groups excluding carboxylic acids is 1. The monoisotopic (exact) mass is 386 g/mol. The van der Waals surface area contributed by atoms with Gasteiger partial charge in [-0.1, -0.05) is 34.1 Å². The lowest BCUT2D eigenvalue weighted by atomic mass is 9.89. The minimum atomic E-state index is 0. The molecule has 3 atom stereocenters. The van der Waals surface area contributed by atoms with E-state index in [4.69, 9.17) is 0 Å². The number of piperidine rings is 1. The Hall–Kier alpha value is -0.580. The average molecular weight is 388 g/mol. The third-order valence-corrected chi connectivity index (χ3v) is 5.52. The van der Waals surface area contributed by atoms with E-state index in [1.807, 2.05) is 25.1 Å². The van der Waals surface area contributed by atoms with Gasteiger partial charge < -0.3 is 10.6 Å². The van der Waals surface area contributed by atoms with E-state index in [1.54, 1.807) is 0 Å². The van der Waals surface area contributed by atoms with Gasteiger partial charge in [0.2, 0.25) is 5.91 Å². The molecule has 0 saturated carbocycles. The molecule has 2 N–H and O–H groups in total. The Morgan fingerprint density at radius 3 is 2.59 bits per heavy atom. The zero-order valence-corrected chi connectivity index (χ0v) is 15.3. The summed E-state index contributed by atoms with van der Waals surface area (Å²) in [6.07, 6.45) is 5.57. The van der Waals surface area contributed by atoms with Crippen LogP contribution in [0.25, 0.3) is 0 Å². The van der Waals surface area contributed by atoms with Gasteiger partial charge in [0.25, 0.3) is 0 Å². The van der Waals surface area contributed by atoms with Crippen molar-refractivity contribution in [2.75, 3.05) is 0 Å². The minimum Gasteiger partial charge on any atom is -0.350 e. The van der Waals surface area contributed by atoms with Gasteiger partial charge in [-0.2, -0.15) is 0 Å². The van der Waals surface area contributed by atoms with Gasteiger partial charge in [-0.05, 0) is 50.2 Å². The van der Waals surface area contributed by atoms with Crippen LogP contribution in [0.1, 0.15) is 50.6 Å². The van der Waals surface area contributed by atoms with E-state index in [2.05, 4.69) is 32.6 Å². The van der Waals surface area contributed by atoms with Gasteiger partial charge >= 0.3 is 0 Å². The molecule has 2 heterocycles. The molecular weight excluding hydrogens is 364 g/mol. The van der Waals surface area contributed by atoms with Crippen molar-refractivity contribution in [3.8, 4) is 0 Å². The van der Waals surface area contributed by atoms with Gasteiger partial charge in [0.05, 0.1) is 6.04 Å². The Labute approximate surface area is 147 Å². The maximum atomic E-state index is 12.3. The zero-order chi connectivity index (χ0) is 14.8. The van der Waals surface area contributed by atoms with Crippen molar-refractivity contribution in [3.05, 3.63) is 34.3 Å². The van der Waals surface area contributed by atoms with Crippen LogP contribution in [0.15, 0.2) is 28.7 Å². The van der Waals surface area contributed by atoms with Crippen molar-refractivity contribution in [3.63, 3.8) is 0 Å². The van der Waals surface area contributed by atoms with Gasteiger partial charge in [-0.15, -0.1) is 12.4 Å². The number of carbonyl (C=O) groups is 1. The molecule has 22 heavy (non-hydrogen) atoms. The predicted octanol–water partition coefficient (Wildman–Crippen LogP) is 3.97. The fourth-order valence-corrected chi connectivity index (χ4v) is 4.44. The Morgan fingerprint density at radius 1 is 1.32 bits per heavy atom. The van der Waals surface area contributed by atoms with Crippen LogP contribution < -0.4 is 10.6 Å². The molecule has 0 radical (unpaired) electrons. The van der Waals surface area contributed by atoms with Crippen molar-refractivity contribution in [2.45, 2.75) is 57.2 Å². The number of amides is 1. The van der Waals surface area contributed by atoms with Crippen LogP contribution in [0.2, 0.25) is 0 Å². The van der Waals surface area contributed by atoms with E-state index in [-0.39, 0.29) is 24.4 Å². The summed E-state index contributed by atoms with van der Waals surface area (Å²) in [6, 6.07) is 9.43. The Balaban J connectivity index is 0.00000176. The second-order valence-corrected chi connectivity index (χ2v) is 7.34. The Bertz CT molecular complexity index is 513. The minimum absolute atomic E-state index is 0. The average Bonchev–Trinajstić information content (AvgIpc) is 2.78. The molecule has 122 valence electrons. The number of fused-ring (bicyclic) bond motifs is 2. The molecule has 2 fully saturated rings. The van der Waals surface area contributed by atoms with E-state index in [0.717, 1.165) is 22.9 Å². The first-order chi connectivity index (χ1) is 10.1. The molecule has 2 aliphatic rings. The number of nitrogens with one attached hydrogen (secondary N) is 2. The lowest BCUT2D eigenvalue weighted by Gasteiger charge is -2.29. The first-order valence-corrected chi connectivity index (χ1v) is 8.71. The van der Waals surface area contributed by atoms with Crippen molar-refractivity contribution in [1.82, 2.24) is 10.6 Å². The van der Waals surface area contributed by atoms with Crippen LogP contribution in [0.4, 0.5) is 0 Å². The third-order valence-electron chi connectivity index (χ3n) is 4.79. The number of rotatable bonds is 4. The lowest BCUT2D eigenvalue weighted by Crippen LogP contribution is -2.40. The second-order valence-electron chi connectivity index (χ2n) is 6.49. The highest BCUT2D eigenvalue weighted by Crippen LogP contribution is 2.32. The summed E-state index contributed by atoms with van der Waals surface area (Å²) < 4.78 is 1.05. The van der Waals surface area contributed by atoms with Crippen LogP contribution in [0.5, 0.6) is 0 Å². The lowest BCUT2D eigenvalue weighted by molar-refractivity contribution is -0.122. The van der Waals surface area contributed by atoms with Gasteiger partial charge in [-0.25, -0.2) is 0 Å². The molecule has 1 aromatic carbocycles. The van der Waals surface area contributed by atoms with Crippen LogP contribution in [0, 0.1) is 5.92 Å². The molecule has 2 aliphatic heterocycles. The topological polar surface area (TPSA) is 41.1 Å². The summed E-state index contributed by atoms with van der Waals surface area (Å²) in [5.41, 5.74) is 1.14. The third kappa shape index (κ3) is 4.24. The number of hydrogen-bond donors (Lipinski definition) is 2. The van der Waals surface area contributed by atoms with Crippen molar-refractivity contribution in [1.29, 1.82) is 0 Å². The summed E-state index contributed by atoms with van der Waals surface area (Å²) in [5.74, 6) is 0.736. The van der Waals surface area contributed by atoms with Crippen molar-refractivity contribution < 1.29 is 4.79 Å². The Morgan fingerprint density at radius 2 is 1.95 bits per heavy atom. The zero-order valence-electron chi connectivity index (χ0n) is 12.8. The van der Waals surface area contributed by atoms with Crippen molar-refractivity contribution >= 4 is 34.2 Å². The molecule has 0 spiro atoms. The van der Waals surface area contributed by atoms with Gasteiger partial charge in [0, 0.05) is 23.0 Å². The first-order valence-electron chi connectivity index (χ1n) is 7.91. The quantitative estimate of drug-likeness (QED) is 0.821. The van der Waals surface area contributed by atoms with Crippen molar-refractivity contribution in [2.24, 2.45) is 5.92 Å². The predicted molar refractivity (Wildman–Crippen MR) is 95.2 cm³/mol. The standard InChI is InChI=1S/C17H23BrN2O.ClH/c1-11(15-4-2-3-5-16(15)18)19-17(21)10-12-8-13-6-7-14(9-12)20-13;/h2-5,11-14,20H,6-10H2,1H3,(H,19,21);1H. The van der Waals surface area contributed by atoms with Crippen LogP contribution in [-0.2, 0) is 4.79 Å². The molecule has 3 nitrogen and oxygen atoms in total. The summed E-state index contributed by atoms with van der Waals surface area (Å²) >= 11 is 3.55. The number of benzene rings is 1. The van der Waals surface area contributed by atoms with Gasteiger partial charge in [0.1, 0.15) is 0 Å². The van der Waals surface area contributed by atoms with Crippen LogP contribution in [-0.4, -0.2) is 18.0 Å². The first kappa shape index (κ1) is 17.8. The summed E-state index contributed by atoms with van der Waals surface area (Å²) in [5, 5.41) is 6.77. The maximum Gasteiger partial charge on any atom is 0.220 e. The molecule has 1 amide bonds. The molecule has 3 unspecified atom stereocenters. The maximum absolute atomic E-state index is 12.3. The largest absolute Gasteiger partial charge is 0.350 e.